The first kappa shape index (κ1) is 60.7. The van der Waals surface area contributed by atoms with E-state index in [4.69, 9.17) is 9.97 Å². The number of nitrogens with zero attached hydrogens (tertiary/aromatic N) is 2. The van der Waals surface area contributed by atoms with Crippen molar-refractivity contribution in [2.24, 2.45) is 0 Å². The lowest BCUT2D eigenvalue weighted by Crippen LogP contribution is -2.78. The molecular formula is C94H68N2Si2. The second kappa shape index (κ2) is 27.3. The summed E-state index contributed by atoms with van der Waals surface area (Å²) in [6.07, 6.45) is 0. The lowest BCUT2D eigenvalue weighted by molar-refractivity contribution is 1.18. The van der Waals surface area contributed by atoms with Crippen LogP contribution in [0.1, 0.15) is 0 Å². The normalized spacial score (nSPS) is 11.5. The average Bonchev–Trinajstić information content (AvgIpc) is 0.707. The van der Waals surface area contributed by atoms with E-state index in [0.29, 0.717) is 5.82 Å². The highest BCUT2D eigenvalue weighted by molar-refractivity contribution is 7.22. The van der Waals surface area contributed by atoms with Crippen molar-refractivity contribution in [3.8, 4) is 101 Å². The van der Waals surface area contributed by atoms with Crippen molar-refractivity contribution in [1.82, 2.24) is 9.97 Å². The van der Waals surface area contributed by atoms with Crippen LogP contribution < -0.4 is 41.5 Å². The molecule has 0 radical (unpaired) electrons. The highest BCUT2D eigenvalue weighted by Gasteiger charge is 2.47. The van der Waals surface area contributed by atoms with Crippen LogP contribution in [-0.2, 0) is 0 Å². The van der Waals surface area contributed by atoms with Crippen LogP contribution in [0.15, 0.2) is 413 Å². The van der Waals surface area contributed by atoms with Gasteiger partial charge in [0.15, 0.2) is 22.0 Å². The lowest BCUT2D eigenvalue weighted by atomic mass is 10.1. The lowest BCUT2D eigenvalue weighted by Gasteiger charge is -2.39. The molecule has 4 heteroatoms. The van der Waals surface area contributed by atoms with Crippen LogP contribution in [0.3, 0.4) is 0 Å². The minimum Gasteiger partial charge on any atom is -0.228 e. The third-order valence-corrected chi connectivity index (χ3v) is 28.7. The van der Waals surface area contributed by atoms with E-state index in [1.807, 2.05) is 0 Å². The van der Waals surface area contributed by atoms with E-state index in [-0.39, 0.29) is 0 Å². The fourth-order valence-corrected chi connectivity index (χ4v) is 24.6. The van der Waals surface area contributed by atoms with Crippen LogP contribution in [0.25, 0.3) is 101 Å². The summed E-state index contributed by atoms with van der Waals surface area (Å²) in [5, 5.41) is 9.98. The van der Waals surface area contributed by atoms with Crippen molar-refractivity contribution >= 4 is 57.6 Å². The van der Waals surface area contributed by atoms with Crippen LogP contribution in [0.4, 0.5) is 0 Å². The van der Waals surface area contributed by atoms with Gasteiger partial charge in [-0.3, -0.25) is 0 Å². The summed E-state index contributed by atoms with van der Waals surface area (Å²) >= 11 is 0. The SMILES string of the molecule is c1ccc(-c2cccc([Si](c3cccc(-c4ccccc4)c3)(c3cccc(-c4ccccc4)c3)c3cc(-c4cc(-c5ccccc5)nc(-c5ccccc5)n4)cc([Si](c4cccc(-c5ccccc5)c4)(c4cccc(-c5ccccc5)c4)c4cccc(-c5ccccc5)c4)c3)c2)cc1. The Morgan fingerprint density at radius 2 is 0.327 bits per heavy atom. The maximum Gasteiger partial charge on any atom is 0.179 e. The van der Waals surface area contributed by atoms with Crippen LogP contribution in [-0.4, -0.2) is 26.1 Å². The van der Waals surface area contributed by atoms with Gasteiger partial charge in [-0.05, 0) is 114 Å². The molecule has 0 saturated heterocycles. The van der Waals surface area contributed by atoms with Crippen molar-refractivity contribution in [3.63, 3.8) is 0 Å². The first-order chi connectivity index (χ1) is 48.5. The monoisotopic (exact) mass is 1280 g/mol. The highest BCUT2D eigenvalue weighted by Crippen LogP contribution is 2.32. The molecule has 0 aliphatic carbocycles. The fraction of sp³-hybridized carbons (Fsp3) is 0. The third kappa shape index (κ3) is 11.9. The van der Waals surface area contributed by atoms with E-state index in [1.165, 1.54) is 41.5 Å². The highest BCUT2D eigenvalue weighted by atomic mass is 28.3. The maximum atomic E-state index is 5.82. The number of rotatable bonds is 17. The van der Waals surface area contributed by atoms with Gasteiger partial charge in [0.05, 0.1) is 11.4 Å². The predicted octanol–water partition coefficient (Wildman–Crippen LogP) is 18.2. The summed E-state index contributed by atoms with van der Waals surface area (Å²) in [5.41, 5.74) is 18.5. The first-order valence-corrected chi connectivity index (χ1v) is 37.7. The Kier molecular flexibility index (Phi) is 16.9. The molecule has 0 saturated carbocycles. The summed E-state index contributed by atoms with van der Waals surface area (Å²) in [6, 6.07) is 154. The van der Waals surface area contributed by atoms with Gasteiger partial charge >= 0.3 is 0 Å². The smallest absolute Gasteiger partial charge is 0.179 e. The molecule has 0 spiro atoms. The van der Waals surface area contributed by atoms with Gasteiger partial charge in [-0.15, -0.1) is 0 Å². The molecule has 0 aliphatic heterocycles. The second-order valence-electron chi connectivity index (χ2n) is 25.2. The predicted molar refractivity (Wildman–Crippen MR) is 418 cm³/mol. The van der Waals surface area contributed by atoms with E-state index in [0.717, 1.165) is 94.8 Å². The minimum absolute atomic E-state index is 0.657. The van der Waals surface area contributed by atoms with Gasteiger partial charge < -0.3 is 0 Å². The standard InChI is InChI=1S/C94H68N2Si2/c1-9-31-69(32-10-1)77-47-25-53-84(59-77)97(85-54-26-48-78(60-85)70-33-11-2-12-34-70,86-55-27-49-79(61-86)71-35-13-3-14-36-71)90-65-83(93-68-92(75-43-21-7-22-44-75)95-94(96-93)76-45-23-8-24-46-76)66-91(67-90)98(87-56-28-50-80(62-87)72-37-15-4-16-38-72,88-57-29-51-81(63-88)73-39-17-5-18-40-73)89-58-30-52-82(64-89)74-41-19-6-20-42-74/h1-68H. The molecule has 16 rings (SSSR count). The quantitative estimate of drug-likeness (QED) is 0.0671. The Balaban J connectivity index is 1.12. The molecule has 0 unspecified atom stereocenters. The zero-order valence-electron chi connectivity index (χ0n) is 54.2. The van der Waals surface area contributed by atoms with Gasteiger partial charge in [-0.25, -0.2) is 9.97 Å². The Morgan fingerprint density at radius 3 is 0.571 bits per heavy atom. The zero-order chi connectivity index (χ0) is 65.5. The summed E-state index contributed by atoms with van der Waals surface area (Å²) < 4.78 is 0. The molecule has 0 aliphatic rings. The number of hydrogen-bond donors (Lipinski definition) is 0. The van der Waals surface area contributed by atoms with Gasteiger partial charge in [0.2, 0.25) is 0 Å². The summed E-state index contributed by atoms with van der Waals surface area (Å²) in [4.78, 5) is 11.3. The second-order valence-corrected chi connectivity index (χ2v) is 32.8. The van der Waals surface area contributed by atoms with Crippen LogP contribution in [0, 0.1) is 0 Å². The molecule has 0 N–H and O–H groups in total. The van der Waals surface area contributed by atoms with E-state index >= 15 is 0 Å². The molecule has 462 valence electrons. The molecule has 0 atom stereocenters. The van der Waals surface area contributed by atoms with Crippen molar-refractivity contribution in [2.45, 2.75) is 0 Å². The van der Waals surface area contributed by atoms with Crippen molar-refractivity contribution < 1.29 is 0 Å². The maximum absolute atomic E-state index is 5.82. The molecule has 98 heavy (non-hydrogen) atoms. The summed E-state index contributed by atoms with van der Waals surface area (Å²) in [5.74, 6) is 0.657. The zero-order valence-corrected chi connectivity index (χ0v) is 56.2. The number of aromatic nitrogens is 2. The van der Waals surface area contributed by atoms with Crippen molar-refractivity contribution in [1.29, 1.82) is 0 Å². The summed E-state index contributed by atoms with van der Waals surface area (Å²) in [7, 11) is -7.47. The van der Waals surface area contributed by atoms with Gasteiger partial charge in [0.25, 0.3) is 0 Å². The summed E-state index contributed by atoms with van der Waals surface area (Å²) in [6.45, 7) is 0. The molecule has 1 heterocycles. The largest absolute Gasteiger partial charge is 0.228 e. The van der Waals surface area contributed by atoms with Gasteiger partial charge in [-0.2, -0.15) is 0 Å². The number of hydrogen-bond acceptors (Lipinski definition) is 2. The Morgan fingerprint density at radius 1 is 0.133 bits per heavy atom. The van der Waals surface area contributed by atoms with Crippen molar-refractivity contribution in [2.75, 3.05) is 0 Å². The van der Waals surface area contributed by atoms with E-state index in [2.05, 4.69) is 413 Å². The fourth-order valence-electron chi connectivity index (χ4n) is 14.7. The molecular weight excluding hydrogens is 1210 g/mol. The van der Waals surface area contributed by atoms with Gasteiger partial charge in [-0.1, -0.05) is 406 Å². The minimum atomic E-state index is -3.74. The molecule has 2 nitrogen and oxygen atoms in total. The van der Waals surface area contributed by atoms with E-state index in [9.17, 15) is 0 Å². The molecule has 1 aromatic heterocycles. The molecule has 0 bridgehead atoms. The first-order valence-electron chi connectivity index (χ1n) is 33.7. The Bertz CT molecular complexity index is 4690. The third-order valence-electron chi connectivity index (χ3n) is 19.3. The van der Waals surface area contributed by atoms with Crippen LogP contribution >= 0.6 is 0 Å². The van der Waals surface area contributed by atoms with E-state index < -0.39 is 16.1 Å². The Hall–Kier alpha value is -12.2. The molecule has 15 aromatic carbocycles. The topological polar surface area (TPSA) is 25.8 Å². The van der Waals surface area contributed by atoms with Gasteiger partial charge in [0, 0.05) is 16.7 Å². The molecule has 16 aromatic rings. The molecule has 0 amide bonds. The van der Waals surface area contributed by atoms with Crippen LogP contribution in [0.2, 0.25) is 0 Å². The van der Waals surface area contributed by atoms with E-state index in [1.54, 1.807) is 0 Å². The average molecular weight is 1280 g/mol. The van der Waals surface area contributed by atoms with Gasteiger partial charge in [0.1, 0.15) is 0 Å². The number of benzene rings is 15. The van der Waals surface area contributed by atoms with Crippen molar-refractivity contribution in [3.05, 3.63) is 413 Å². The Labute approximate surface area is 576 Å². The van der Waals surface area contributed by atoms with Crippen LogP contribution in [0.5, 0.6) is 0 Å². The molecule has 0 fully saturated rings.